The summed E-state index contributed by atoms with van der Waals surface area (Å²) in [5.74, 6) is 0.809. The summed E-state index contributed by atoms with van der Waals surface area (Å²) in [4.78, 5) is 0. The van der Waals surface area contributed by atoms with E-state index in [9.17, 15) is 4.57 Å². The molecule has 2 rings (SSSR count). The van der Waals surface area contributed by atoms with E-state index in [2.05, 4.69) is 0 Å². The molecular weight excluding hydrogens is 327 g/mol. The van der Waals surface area contributed by atoms with Crippen molar-refractivity contribution in [3.05, 3.63) is 72.5 Å². The number of benzene rings is 2. The van der Waals surface area contributed by atoms with Crippen molar-refractivity contribution in [2.24, 2.45) is 0 Å². The highest BCUT2D eigenvalue weighted by atomic mass is 31.2. The summed E-state index contributed by atoms with van der Waals surface area (Å²) < 4.78 is 34.5. The van der Waals surface area contributed by atoms with Gasteiger partial charge >= 0.3 is 7.82 Å². The van der Waals surface area contributed by atoms with Gasteiger partial charge in [0.05, 0.1) is 12.9 Å². The molecule has 0 bridgehead atoms. The minimum atomic E-state index is -3.83. The molecule has 24 heavy (non-hydrogen) atoms. The molecule has 2 aromatic carbocycles. The van der Waals surface area contributed by atoms with Crippen LogP contribution >= 0.6 is 7.82 Å². The molecule has 0 aliphatic heterocycles. The van der Waals surface area contributed by atoms with Crippen molar-refractivity contribution in [2.45, 2.75) is 13.8 Å². The van der Waals surface area contributed by atoms with Crippen LogP contribution in [0.2, 0.25) is 0 Å². The molecule has 0 fully saturated rings. The van der Waals surface area contributed by atoms with Crippen LogP contribution in [0, 0.1) is 0 Å². The molecule has 5 nitrogen and oxygen atoms in total. The molecule has 0 saturated carbocycles. The highest BCUT2D eigenvalue weighted by molar-refractivity contribution is 7.49. The van der Waals surface area contributed by atoms with E-state index in [1.54, 1.807) is 54.8 Å². The molecule has 0 heterocycles. The maximum Gasteiger partial charge on any atom is 0.587 e. The molecule has 0 spiro atoms. The Bertz CT molecular complexity index is 636. The first-order valence-corrected chi connectivity index (χ1v) is 9.02. The third kappa shape index (κ3) is 6.49. The van der Waals surface area contributed by atoms with E-state index >= 15 is 0 Å². The topological polar surface area (TPSA) is 54.0 Å². The summed E-state index contributed by atoms with van der Waals surface area (Å²) in [6, 6.07) is 17.5. The fourth-order valence-electron chi connectivity index (χ4n) is 1.72. The summed E-state index contributed by atoms with van der Waals surface area (Å²) >= 11 is 0. The quantitative estimate of drug-likeness (QED) is 0.354. The Morgan fingerprint density at radius 1 is 0.875 bits per heavy atom. The van der Waals surface area contributed by atoms with Crippen LogP contribution in [0.15, 0.2) is 72.5 Å². The predicted octanol–water partition coefficient (Wildman–Crippen LogP) is 5.21. The van der Waals surface area contributed by atoms with E-state index in [4.69, 9.17) is 18.3 Å². The summed E-state index contributed by atoms with van der Waals surface area (Å²) in [7, 11) is -3.83. The molecular formula is C18H21O5P. The molecule has 0 aromatic heterocycles. The average Bonchev–Trinajstić information content (AvgIpc) is 2.56. The molecule has 0 radical (unpaired) electrons. The van der Waals surface area contributed by atoms with E-state index in [1.807, 2.05) is 26.0 Å². The molecule has 0 amide bonds. The molecule has 128 valence electrons. The highest BCUT2D eigenvalue weighted by Crippen LogP contribution is 2.49. The van der Waals surface area contributed by atoms with Gasteiger partial charge in [0.25, 0.3) is 0 Å². The Morgan fingerprint density at radius 2 is 1.38 bits per heavy atom. The van der Waals surface area contributed by atoms with Crippen molar-refractivity contribution in [3.8, 4) is 11.5 Å². The van der Waals surface area contributed by atoms with E-state index < -0.39 is 7.82 Å². The highest BCUT2D eigenvalue weighted by Gasteiger charge is 2.30. The summed E-state index contributed by atoms with van der Waals surface area (Å²) in [6.45, 7) is 4.15. The van der Waals surface area contributed by atoms with Gasteiger partial charge in [-0.05, 0) is 43.7 Å². The maximum atomic E-state index is 12.9. The first kappa shape index (κ1) is 18.1. The summed E-state index contributed by atoms with van der Waals surface area (Å²) in [5.41, 5.74) is 1.03. The van der Waals surface area contributed by atoms with Crippen molar-refractivity contribution >= 4 is 7.82 Å². The minimum absolute atomic E-state index is 0.0702. The Kier molecular flexibility index (Phi) is 6.91. The van der Waals surface area contributed by atoms with Gasteiger partial charge in [-0.25, -0.2) is 4.57 Å². The number of allylic oxidation sites excluding steroid dienone is 1. The molecule has 0 unspecified atom stereocenters. The number of rotatable bonds is 9. The van der Waals surface area contributed by atoms with Crippen molar-refractivity contribution in [2.75, 3.05) is 13.2 Å². The smallest absolute Gasteiger partial charge is 0.499 e. The second kappa shape index (κ2) is 9.16. The zero-order valence-electron chi connectivity index (χ0n) is 13.8. The van der Waals surface area contributed by atoms with Gasteiger partial charge in [0.1, 0.15) is 18.1 Å². The average molecular weight is 348 g/mol. The molecule has 0 atom stereocenters. The normalized spacial score (nSPS) is 10.8. The molecule has 6 heteroatoms. The number of para-hydroxylation sites is 2. The van der Waals surface area contributed by atoms with E-state index in [-0.39, 0.29) is 13.2 Å². The zero-order chi connectivity index (χ0) is 17.3. The standard InChI is InChI=1S/C18H21O5P/c1-16(2)15-20-13-14-21-24(19,22-17-9-5-3-6-10-17)23-18-11-7-4-8-12-18/h3-12,15H,13-14H2,1-2H3. The van der Waals surface area contributed by atoms with Gasteiger partial charge in [-0.15, -0.1) is 0 Å². The molecule has 0 aliphatic carbocycles. The van der Waals surface area contributed by atoms with Crippen LogP contribution in [0.1, 0.15) is 13.8 Å². The molecule has 0 aliphatic rings. The Balaban J connectivity index is 2.03. The lowest BCUT2D eigenvalue weighted by Gasteiger charge is -2.19. The molecule has 0 N–H and O–H groups in total. The van der Waals surface area contributed by atoms with Crippen LogP contribution in [-0.2, 0) is 13.8 Å². The summed E-state index contributed by atoms with van der Waals surface area (Å²) in [6.07, 6.45) is 1.62. The third-order valence-electron chi connectivity index (χ3n) is 2.69. The maximum absolute atomic E-state index is 12.9. The largest absolute Gasteiger partial charge is 0.587 e. The van der Waals surface area contributed by atoms with Crippen molar-refractivity contribution in [1.82, 2.24) is 0 Å². The van der Waals surface area contributed by atoms with Gasteiger partial charge in [-0.3, -0.25) is 4.52 Å². The Morgan fingerprint density at radius 3 is 1.83 bits per heavy atom. The lowest BCUT2D eigenvalue weighted by molar-refractivity contribution is 0.146. The van der Waals surface area contributed by atoms with Crippen LogP contribution in [0.25, 0.3) is 0 Å². The van der Waals surface area contributed by atoms with Gasteiger partial charge in [0.15, 0.2) is 0 Å². The van der Waals surface area contributed by atoms with Gasteiger partial charge in [0, 0.05) is 0 Å². The summed E-state index contributed by atoms with van der Waals surface area (Å²) in [5, 5.41) is 0. The van der Waals surface area contributed by atoms with Crippen molar-refractivity contribution < 1.29 is 22.9 Å². The lowest BCUT2D eigenvalue weighted by atomic mass is 10.3. The van der Waals surface area contributed by atoms with Crippen LogP contribution in [0.4, 0.5) is 0 Å². The monoisotopic (exact) mass is 348 g/mol. The number of phosphoric ester groups is 1. The second-order valence-corrected chi connectivity index (χ2v) is 6.67. The van der Waals surface area contributed by atoms with Gasteiger partial charge in [-0.1, -0.05) is 36.4 Å². The van der Waals surface area contributed by atoms with Crippen LogP contribution < -0.4 is 9.05 Å². The van der Waals surface area contributed by atoms with Gasteiger partial charge in [-0.2, -0.15) is 0 Å². The number of phosphoric acid groups is 1. The zero-order valence-corrected chi connectivity index (χ0v) is 14.6. The fourth-order valence-corrected chi connectivity index (χ4v) is 2.92. The van der Waals surface area contributed by atoms with E-state index in [1.165, 1.54) is 0 Å². The predicted molar refractivity (Wildman–Crippen MR) is 93.1 cm³/mol. The van der Waals surface area contributed by atoms with Crippen molar-refractivity contribution in [1.29, 1.82) is 0 Å². The first-order valence-electron chi connectivity index (χ1n) is 7.56. The van der Waals surface area contributed by atoms with Gasteiger partial charge < -0.3 is 13.8 Å². The van der Waals surface area contributed by atoms with E-state index in [0.29, 0.717) is 11.5 Å². The van der Waals surface area contributed by atoms with Crippen LogP contribution in [-0.4, -0.2) is 13.2 Å². The fraction of sp³-hybridized carbons (Fsp3) is 0.222. The van der Waals surface area contributed by atoms with Crippen LogP contribution in [0.3, 0.4) is 0 Å². The minimum Gasteiger partial charge on any atom is -0.499 e. The number of ether oxygens (including phenoxy) is 1. The lowest BCUT2D eigenvalue weighted by Crippen LogP contribution is -2.08. The third-order valence-corrected chi connectivity index (χ3v) is 4.06. The van der Waals surface area contributed by atoms with Crippen LogP contribution in [0.5, 0.6) is 11.5 Å². The Labute approximate surface area is 142 Å². The Hall–Kier alpha value is -2.23. The SMILES string of the molecule is CC(C)=COCCOP(=O)(Oc1ccccc1)Oc1ccccc1. The number of hydrogen-bond acceptors (Lipinski definition) is 5. The second-order valence-electron chi connectivity index (χ2n) is 5.16. The number of hydrogen-bond donors (Lipinski definition) is 0. The van der Waals surface area contributed by atoms with Crippen molar-refractivity contribution in [3.63, 3.8) is 0 Å². The van der Waals surface area contributed by atoms with Gasteiger partial charge in [0.2, 0.25) is 0 Å². The molecule has 2 aromatic rings. The first-order chi connectivity index (χ1) is 11.6. The van der Waals surface area contributed by atoms with E-state index in [0.717, 1.165) is 5.57 Å². The molecule has 0 saturated heterocycles.